The molecule has 0 aliphatic rings. The van der Waals surface area contributed by atoms with Crippen LogP contribution in [-0.4, -0.2) is 12.6 Å². The summed E-state index contributed by atoms with van der Waals surface area (Å²) < 4.78 is 4.56. The molecule has 0 aliphatic carbocycles. The second-order valence-electron chi connectivity index (χ2n) is 3.12. The summed E-state index contributed by atoms with van der Waals surface area (Å²) in [6, 6.07) is 10.3. The van der Waals surface area contributed by atoms with Gasteiger partial charge in [-0.2, -0.15) is 0 Å². The molecule has 3 nitrogen and oxygen atoms in total. The third kappa shape index (κ3) is 6.65. The third-order valence-electron chi connectivity index (χ3n) is 1.76. The largest absolute Gasteiger partial charge is 0.461 e. The Morgan fingerprint density at radius 3 is 2.25 bits per heavy atom. The van der Waals surface area contributed by atoms with E-state index in [4.69, 9.17) is 5.73 Å². The molecule has 0 amide bonds. The number of ether oxygens (including phenoxy) is 1. The van der Waals surface area contributed by atoms with Crippen LogP contribution in [-0.2, 0) is 9.53 Å². The predicted octanol–water partition coefficient (Wildman–Crippen LogP) is 2.41. The van der Waals surface area contributed by atoms with Crippen molar-refractivity contribution in [2.75, 3.05) is 6.61 Å². The minimum atomic E-state index is -0.444. The van der Waals surface area contributed by atoms with Crippen LogP contribution < -0.4 is 5.73 Å². The number of aryl methyl sites for hydroxylation is 1. The van der Waals surface area contributed by atoms with Crippen molar-refractivity contribution in [3.63, 3.8) is 0 Å². The van der Waals surface area contributed by atoms with E-state index in [-0.39, 0.29) is 5.70 Å². The first-order chi connectivity index (χ1) is 7.61. The maximum Gasteiger partial charge on any atom is 0.353 e. The van der Waals surface area contributed by atoms with Crippen LogP contribution in [0.25, 0.3) is 0 Å². The molecule has 1 aromatic carbocycles. The molecule has 16 heavy (non-hydrogen) atoms. The summed E-state index contributed by atoms with van der Waals surface area (Å²) in [4.78, 5) is 10.6. The number of rotatable bonds is 2. The molecular weight excluding hydrogens is 202 g/mol. The Morgan fingerprint density at radius 2 is 1.94 bits per heavy atom. The van der Waals surface area contributed by atoms with Crippen LogP contribution >= 0.6 is 0 Å². The third-order valence-corrected chi connectivity index (χ3v) is 1.76. The van der Waals surface area contributed by atoms with E-state index in [0.717, 1.165) is 0 Å². The number of benzene rings is 1. The molecule has 3 heteroatoms. The van der Waals surface area contributed by atoms with Gasteiger partial charge in [-0.1, -0.05) is 42.0 Å². The van der Waals surface area contributed by atoms with Crippen LogP contribution in [0.2, 0.25) is 0 Å². The lowest BCUT2D eigenvalue weighted by Gasteiger charge is -1.98. The highest BCUT2D eigenvalue weighted by Gasteiger charge is 2.01. The van der Waals surface area contributed by atoms with Crippen LogP contribution in [0.15, 0.2) is 42.1 Å². The van der Waals surface area contributed by atoms with Crippen molar-refractivity contribution in [2.45, 2.75) is 20.8 Å². The summed E-state index contributed by atoms with van der Waals surface area (Å²) in [7, 11) is 0. The monoisotopic (exact) mass is 221 g/mol. The molecular formula is C13H19NO2. The molecule has 0 radical (unpaired) electrons. The van der Waals surface area contributed by atoms with Crippen LogP contribution in [0.1, 0.15) is 19.4 Å². The maximum atomic E-state index is 10.6. The van der Waals surface area contributed by atoms with Crippen LogP contribution in [0, 0.1) is 6.92 Å². The van der Waals surface area contributed by atoms with Gasteiger partial charge in [0, 0.05) is 0 Å². The Hall–Kier alpha value is -1.77. The molecule has 0 fully saturated rings. The summed E-state index contributed by atoms with van der Waals surface area (Å²) in [6.07, 6.45) is 1.51. The van der Waals surface area contributed by atoms with Crippen LogP contribution in [0.3, 0.4) is 0 Å². The van der Waals surface area contributed by atoms with Crippen molar-refractivity contribution in [1.82, 2.24) is 0 Å². The van der Waals surface area contributed by atoms with Gasteiger partial charge in [0.05, 0.1) is 6.61 Å². The number of allylic oxidation sites excluding steroid dienone is 1. The molecule has 0 heterocycles. The fourth-order valence-electron chi connectivity index (χ4n) is 0.867. The van der Waals surface area contributed by atoms with E-state index in [1.807, 2.05) is 18.2 Å². The average Bonchev–Trinajstić information content (AvgIpc) is 2.30. The van der Waals surface area contributed by atoms with E-state index in [1.54, 1.807) is 13.8 Å². The minimum Gasteiger partial charge on any atom is -0.461 e. The summed E-state index contributed by atoms with van der Waals surface area (Å²) in [5.41, 5.74) is 6.67. The van der Waals surface area contributed by atoms with E-state index >= 15 is 0 Å². The van der Waals surface area contributed by atoms with Gasteiger partial charge in [-0.25, -0.2) is 4.79 Å². The first-order valence-electron chi connectivity index (χ1n) is 5.22. The molecule has 0 unspecified atom stereocenters. The van der Waals surface area contributed by atoms with Crippen LogP contribution in [0.5, 0.6) is 0 Å². The zero-order chi connectivity index (χ0) is 12.4. The van der Waals surface area contributed by atoms with E-state index < -0.39 is 5.97 Å². The molecule has 1 rings (SSSR count). The normalized spacial score (nSPS) is 10.1. The molecule has 88 valence electrons. The van der Waals surface area contributed by atoms with Gasteiger partial charge in [0.2, 0.25) is 0 Å². The number of esters is 1. The first-order valence-corrected chi connectivity index (χ1v) is 5.22. The topological polar surface area (TPSA) is 52.3 Å². The molecule has 0 saturated heterocycles. The predicted molar refractivity (Wildman–Crippen MR) is 65.8 cm³/mol. The van der Waals surface area contributed by atoms with Crippen LogP contribution in [0.4, 0.5) is 0 Å². The lowest BCUT2D eigenvalue weighted by atomic mass is 10.2. The fraction of sp³-hybridized carbons (Fsp3) is 0.308. The highest BCUT2D eigenvalue weighted by atomic mass is 16.5. The molecule has 0 aromatic heterocycles. The molecule has 0 aliphatic heterocycles. The van der Waals surface area contributed by atoms with Crippen molar-refractivity contribution >= 4 is 5.97 Å². The quantitative estimate of drug-likeness (QED) is 0.616. The molecule has 1 aromatic rings. The van der Waals surface area contributed by atoms with Gasteiger partial charge in [-0.3, -0.25) is 0 Å². The van der Waals surface area contributed by atoms with E-state index in [0.29, 0.717) is 6.61 Å². The Labute approximate surface area is 96.9 Å². The Kier molecular flexibility index (Phi) is 7.59. The summed E-state index contributed by atoms with van der Waals surface area (Å²) in [6.45, 7) is 5.88. The summed E-state index contributed by atoms with van der Waals surface area (Å²) in [5, 5.41) is 0. The van der Waals surface area contributed by atoms with Gasteiger partial charge in [-0.05, 0) is 20.8 Å². The van der Waals surface area contributed by atoms with E-state index in [9.17, 15) is 4.79 Å². The van der Waals surface area contributed by atoms with Crippen molar-refractivity contribution < 1.29 is 9.53 Å². The smallest absolute Gasteiger partial charge is 0.353 e. The molecule has 2 N–H and O–H groups in total. The lowest BCUT2D eigenvalue weighted by Crippen LogP contribution is -2.13. The zero-order valence-corrected chi connectivity index (χ0v) is 10.1. The summed E-state index contributed by atoms with van der Waals surface area (Å²) in [5.74, 6) is -0.444. The van der Waals surface area contributed by atoms with Gasteiger partial charge < -0.3 is 10.5 Å². The number of carbonyl (C=O) groups is 1. The van der Waals surface area contributed by atoms with Crippen molar-refractivity contribution in [1.29, 1.82) is 0 Å². The van der Waals surface area contributed by atoms with Gasteiger partial charge in [0.25, 0.3) is 0 Å². The number of hydrogen-bond donors (Lipinski definition) is 1. The SMILES string of the molecule is CC=C(N)C(=O)OCC.Cc1ccccc1. The lowest BCUT2D eigenvalue weighted by molar-refractivity contribution is -0.138. The fourth-order valence-corrected chi connectivity index (χ4v) is 0.867. The second-order valence-corrected chi connectivity index (χ2v) is 3.12. The standard InChI is InChI=1S/C7H8.C6H11NO2/c1-7-5-3-2-4-6-7;1-3-5(7)6(8)9-4-2/h2-6H,1H3;3H,4,7H2,1-2H3. The maximum absolute atomic E-state index is 10.6. The summed E-state index contributed by atoms with van der Waals surface area (Å²) >= 11 is 0. The highest BCUT2D eigenvalue weighted by Crippen LogP contribution is 1.92. The Balaban J connectivity index is 0.000000288. The highest BCUT2D eigenvalue weighted by molar-refractivity contribution is 5.87. The van der Waals surface area contributed by atoms with Gasteiger partial charge in [0.1, 0.15) is 5.70 Å². The minimum absolute atomic E-state index is 0.164. The molecule has 0 saturated carbocycles. The average molecular weight is 221 g/mol. The van der Waals surface area contributed by atoms with Crippen molar-refractivity contribution in [3.05, 3.63) is 47.7 Å². The number of carbonyl (C=O) groups excluding carboxylic acids is 1. The van der Waals surface area contributed by atoms with Gasteiger partial charge >= 0.3 is 5.97 Å². The molecule has 0 spiro atoms. The van der Waals surface area contributed by atoms with E-state index in [1.165, 1.54) is 11.6 Å². The molecule has 0 bridgehead atoms. The van der Waals surface area contributed by atoms with Gasteiger partial charge in [0.15, 0.2) is 0 Å². The Morgan fingerprint density at radius 1 is 1.38 bits per heavy atom. The first kappa shape index (κ1) is 14.2. The molecule has 0 atom stereocenters. The Bertz CT molecular complexity index is 331. The van der Waals surface area contributed by atoms with Crippen molar-refractivity contribution in [3.8, 4) is 0 Å². The zero-order valence-electron chi connectivity index (χ0n) is 10.1. The van der Waals surface area contributed by atoms with Gasteiger partial charge in [-0.15, -0.1) is 0 Å². The second kappa shape index (κ2) is 8.53. The van der Waals surface area contributed by atoms with E-state index in [2.05, 4.69) is 23.8 Å². The number of nitrogens with two attached hydrogens (primary N) is 1. The van der Waals surface area contributed by atoms with Crippen molar-refractivity contribution in [2.24, 2.45) is 5.73 Å². The number of hydrogen-bond acceptors (Lipinski definition) is 3.